The lowest BCUT2D eigenvalue weighted by molar-refractivity contribution is -0.308. The SMILES string of the molecule is CC(C)(C)[Si](F)(c1ccc(C(=O)N[C@H](CNC(=O)CN2CCN(CC(=O)[O-])CCN(CC(=O)[O-])CCN(CC(=O)[O-])CC2)C(=O)N[C@@H](CCCCNC(=O)CCC(=O)NCCC[C@@H](NC(=O)CC[C@H](NC(=O)N[C@@H](CCC(=O)O)C(=O)O)C(=O)O)C(=O)O)C(=O)O)cc1)C(C)(C)C. The Labute approximate surface area is 560 Å². The Morgan fingerprint density at radius 1 is 0.443 bits per heavy atom. The predicted molar refractivity (Wildman–Crippen MR) is 336 cm³/mol. The molecule has 35 nitrogen and oxygen atoms in total. The van der Waals surface area contributed by atoms with Crippen LogP contribution in [0.15, 0.2) is 24.3 Å². The lowest BCUT2D eigenvalue weighted by Gasteiger charge is -2.44. The number of carbonyl (C=O) groups is 15. The maximum atomic E-state index is 17.2. The van der Waals surface area contributed by atoms with Gasteiger partial charge in [-0.05, 0) is 72.3 Å². The number of aliphatic carboxylic acids is 8. The highest BCUT2D eigenvalue weighted by Gasteiger charge is 2.56. The number of amides is 8. The van der Waals surface area contributed by atoms with Gasteiger partial charge >= 0.3 is 35.9 Å². The van der Waals surface area contributed by atoms with E-state index >= 15 is 4.11 Å². The molecule has 0 aliphatic carbocycles. The van der Waals surface area contributed by atoms with Gasteiger partial charge in [-0.3, -0.25) is 53.2 Å². The van der Waals surface area contributed by atoms with Crippen molar-refractivity contribution >= 4 is 103 Å². The number of halogens is 1. The normalized spacial score (nSPS) is 15.5. The number of hydrogen-bond donors (Lipinski definition) is 13. The van der Waals surface area contributed by atoms with Gasteiger partial charge in [0.1, 0.15) is 30.2 Å². The van der Waals surface area contributed by atoms with Crippen LogP contribution in [-0.4, -0.2) is 271 Å². The molecule has 0 aromatic heterocycles. The molecule has 97 heavy (non-hydrogen) atoms. The first-order chi connectivity index (χ1) is 45.2. The summed E-state index contributed by atoms with van der Waals surface area (Å²) in [6.07, 6.45) is -3.05. The molecule has 2 rings (SSSR count). The minimum Gasteiger partial charge on any atom is -0.549 e. The molecule has 0 bridgehead atoms. The molecule has 0 unspecified atom stereocenters. The number of hydrogen-bond acceptors (Lipinski definition) is 22. The van der Waals surface area contributed by atoms with Crippen LogP contribution in [0.5, 0.6) is 0 Å². The molecule has 0 radical (unpaired) electrons. The van der Waals surface area contributed by atoms with Crippen molar-refractivity contribution in [1.82, 2.24) is 62.1 Å². The van der Waals surface area contributed by atoms with Gasteiger partial charge in [-0.25, -0.2) is 24.0 Å². The van der Waals surface area contributed by atoms with E-state index in [4.69, 9.17) is 5.11 Å². The number of carbonyl (C=O) groups excluding carboxylic acids is 10. The Balaban J connectivity index is 2.09. The summed E-state index contributed by atoms with van der Waals surface area (Å²) in [5.74, 6) is -16.5. The summed E-state index contributed by atoms with van der Waals surface area (Å²) in [4.78, 5) is 191. The summed E-state index contributed by atoms with van der Waals surface area (Å²) >= 11 is 0. The fourth-order valence-corrected chi connectivity index (χ4v) is 15.2. The minimum absolute atomic E-state index is 0.000188. The molecule has 0 spiro atoms. The summed E-state index contributed by atoms with van der Waals surface area (Å²) < 4.78 is 17.2. The van der Waals surface area contributed by atoms with Crippen molar-refractivity contribution in [3.8, 4) is 0 Å². The van der Waals surface area contributed by atoms with Crippen LogP contribution >= 0.6 is 0 Å². The number of rotatable bonds is 40. The highest BCUT2D eigenvalue weighted by Crippen LogP contribution is 2.51. The second-order valence-electron chi connectivity index (χ2n) is 25.4. The summed E-state index contributed by atoms with van der Waals surface area (Å²) in [6, 6.07) is -3.64. The Bertz CT molecular complexity index is 2870. The van der Waals surface area contributed by atoms with Gasteiger partial charge in [0.05, 0.1) is 24.5 Å². The average Bonchev–Trinajstić information content (AvgIpc) is 0.749. The highest BCUT2D eigenvalue weighted by molar-refractivity contribution is 6.90. The number of benzene rings is 1. The molecule has 5 atom stereocenters. The first kappa shape index (κ1) is 84.1. The van der Waals surface area contributed by atoms with Crippen LogP contribution < -0.4 is 63.0 Å². The lowest BCUT2D eigenvalue weighted by Crippen LogP contribution is -2.58. The zero-order valence-electron chi connectivity index (χ0n) is 55.3. The van der Waals surface area contributed by atoms with Crippen molar-refractivity contribution in [1.29, 1.82) is 0 Å². The third-order valence-electron chi connectivity index (χ3n) is 15.7. The van der Waals surface area contributed by atoms with E-state index in [1.54, 1.807) is 46.4 Å². The standard InChI is InChI=1S/C60H95FN12O23Si/c1-59(2,3)97(61,60(4,5)6)38-14-12-37(13-15-38)52(86)67-43(32-64-47(77)33-70-24-26-71(34-49(80)81)28-30-73(36-51(84)85)31-29-72(27-25-70)35-50(82)83)53(87)66-40(55(90)91)10-7-8-22-62-44(74)19-20-45(75)63-23-9-11-39(54(88)89)65-46(76)18-16-41(56(92)93)68-58(96)69-42(57(94)95)17-21-48(78)79/h12-15,39-43H,7-11,16-36H2,1-6H3,(H,62,74)(H,63,75)(H,64,77)(H,65,76)(H,66,87)(H,67,86)(H,78,79)(H,80,81)(H,82,83)(H,84,85)(H,88,89)(H,90,91)(H,92,93)(H,94,95)(H2,68,69,96)/p-3/t39-,40+,41+,42+,43-/m1/s1. The van der Waals surface area contributed by atoms with Gasteiger partial charge in [-0.15, -0.1) is 0 Å². The number of carboxylic acid groups (broad SMARTS) is 8. The monoisotopic (exact) mass is 1400 g/mol. The average molecular weight is 1400 g/mol. The Morgan fingerprint density at radius 2 is 0.825 bits per heavy atom. The van der Waals surface area contributed by atoms with Crippen LogP contribution in [0.2, 0.25) is 10.1 Å². The largest absolute Gasteiger partial charge is 0.549 e. The van der Waals surface area contributed by atoms with Crippen LogP contribution in [-0.2, 0) is 62.3 Å². The van der Waals surface area contributed by atoms with Gasteiger partial charge in [0.2, 0.25) is 29.5 Å². The van der Waals surface area contributed by atoms with Crippen LogP contribution in [0.1, 0.15) is 123 Å². The summed E-state index contributed by atoms with van der Waals surface area (Å²) in [7, 11) is -3.79. The number of urea groups is 1. The maximum absolute atomic E-state index is 17.2. The zero-order chi connectivity index (χ0) is 73.4. The number of unbranched alkanes of at least 4 members (excludes halogenated alkanes) is 1. The summed E-state index contributed by atoms with van der Waals surface area (Å²) in [5, 5.41) is 99.8. The molecule has 37 heteroatoms. The zero-order valence-corrected chi connectivity index (χ0v) is 56.3. The molecule has 1 heterocycles. The van der Waals surface area contributed by atoms with E-state index in [9.17, 15) is 108 Å². The van der Waals surface area contributed by atoms with E-state index in [0.717, 1.165) is 0 Å². The highest BCUT2D eigenvalue weighted by atomic mass is 28.4. The maximum Gasteiger partial charge on any atom is 0.326 e. The third kappa shape index (κ3) is 32.1. The number of carboxylic acids is 8. The van der Waals surface area contributed by atoms with Crippen LogP contribution in [0.4, 0.5) is 8.90 Å². The van der Waals surface area contributed by atoms with Crippen LogP contribution in [0, 0.1) is 0 Å². The molecule has 544 valence electrons. The van der Waals surface area contributed by atoms with E-state index < -0.39 is 196 Å². The van der Waals surface area contributed by atoms with E-state index in [2.05, 4.69) is 31.9 Å². The molecule has 1 saturated heterocycles. The molecule has 1 fully saturated rings. The molecular weight excluding hydrogens is 1300 g/mol. The van der Waals surface area contributed by atoms with Crippen molar-refractivity contribution in [2.45, 2.75) is 152 Å². The summed E-state index contributed by atoms with van der Waals surface area (Å²) in [6.45, 7) is 8.26. The second-order valence-corrected chi connectivity index (χ2v) is 30.2. The number of nitrogens with zero attached hydrogens (tertiary/aromatic N) is 4. The fraction of sp³-hybridized carbons (Fsp3) is 0.650. The molecule has 1 aromatic carbocycles. The van der Waals surface area contributed by atoms with Crippen molar-refractivity contribution < 1.29 is 117 Å². The fourth-order valence-electron chi connectivity index (χ4n) is 10.6. The second kappa shape index (κ2) is 41.2. The Kier molecular flexibility index (Phi) is 35.8. The third-order valence-corrected chi connectivity index (χ3v) is 20.9. The topological polar surface area (TPSA) is 536 Å². The molecule has 1 aliphatic rings. The van der Waals surface area contributed by atoms with E-state index in [0.29, 0.717) is 5.19 Å². The van der Waals surface area contributed by atoms with E-state index in [-0.39, 0.29) is 116 Å². The van der Waals surface area contributed by atoms with Gasteiger partial charge in [-0.1, -0.05) is 53.7 Å². The Hall–Kier alpha value is -8.94. The Morgan fingerprint density at radius 3 is 1.23 bits per heavy atom. The molecule has 0 saturated carbocycles. The number of nitrogens with one attached hydrogen (secondary N) is 8. The van der Waals surface area contributed by atoms with Gasteiger partial charge in [-0.2, -0.15) is 0 Å². The molecule has 1 aromatic rings. The lowest BCUT2D eigenvalue weighted by atomic mass is 10.1. The van der Waals surface area contributed by atoms with Gasteiger partial charge in [0.15, 0.2) is 0 Å². The van der Waals surface area contributed by atoms with E-state index in [1.807, 2.05) is 10.6 Å². The minimum atomic E-state index is -3.79. The molecule has 8 amide bonds. The van der Waals surface area contributed by atoms with E-state index in [1.165, 1.54) is 39.0 Å². The summed E-state index contributed by atoms with van der Waals surface area (Å²) in [5.41, 5.74) is -0.00875. The molecule has 13 N–H and O–H groups in total. The molecule has 1 aliphatic heterocycles. The van der Waals surface area contributed by atoms with Crippen molar-refractivity contribution in [3.05, 3.63) is 29.8 Å². The predicted octanol–water partition coefficient (Wildman–Crippen LogP) is -5.95. The van der Waals surface area contributed by atoms with Gasteiger partial charge < -0.3 is 102 Å². The van der Waals surface area contributed by atoms with Crippen molar-refractivity contribution in [3.63, 3.8) is 0 Å². The van der Waals surface area contributed by atoms with Crippen molar-refractivity contribution in [2.75, 3.05) is 98.2 Å². The van der Waals surface area contributed by atoms with Crippen molar-refractivity contribution in [2.24, 2.45) is 0 Å². The quantitative estimate of drug-likeness (QED) is 0.0165. The smallest absolute Gasteiger partial charge is 0.326 e. The van der Waals surface area contributed by atoms with Gasteiger partial charge in [0.25, 0.3) is 14.3 Å². The first-order valence-electron chi connectivity index (χ1n) is 31.4. The first-order valence-corrected chi connectivity index (χ1v) is 33.3. The van der Waals surface area contributed by atoms with Gasteiger partial charge in [0, 0.05) is 123 Å². The molecular formula is C60H92FN12O23Si-3. The van der Waals surface area contributed by atoms with Crippen LogP contribution in [0.3, 0.4) is 0 Å². The van der Waals surface area contributed by atoms with Crippen LogP contribution in [0.25, 0.3) is 0 Å².